The third-order valence-corrected chi connectivity index (χ3v) is 4.44. The summed E-state index contributed by atoms with van der Waals surface area (Å²) in [6.07, 6.45) is 5.65. The lowest BCUT2D eigenvalue weighted by Crippen LogP contribution is -2.44. The van der Waals surface area contributed by atoms with Gasteiger partial charge in [-0.05, 0) is 18.1 Å². The Bertz CT molecular complexity index is 961. The first-order chi connectivity index (χ1) is 12.6. The summed E-state index contributed by atoms with van der Waals surface area (Å²) >= 11 is 0. The fourth-order valence-corrected chi connectivity index (χ4v) is 3.23. The number of hydrogen-bond donors (Lipinski definition) is 2. The van der Waals surface area contributed by atoms with E-state index < -0.39 is 5.91 Å². The van der Waals surface area contributed by atoms with Gasteiger partial charge in [0.05, 0.1) is 5.69 Å². The quantitative estimate of drug-likeness (QED) is 0.675. The molecule has 9 nitrogen and oxygen atoms in total. The number of hydrogen-bond acceptors (Lipinski definition) is 7. The van der Waals surface area contributed by atoms with Crippen LogP contribution in [0.1, 0.15) is 27.4 Å². The molecule has 0 bridgehead atoms. The van der Waals surface area contributed by atoms with Crippen molar-refractivity contribution in [2.24, 2.45) is 5.73 Å². The summed E-state index contributed by atoms with van der Waals surface area (Å²) in [6.45, 7) is 5.91. The van der Waals surface area contributed by atoms with Gasteiger partial charge in [0, 0.05) is 51.2 Å². The first-order valence-corrected chi connectivity index (χ1v) is 8.53. The lowest BCUT2D eigenvalue weighted by molar-refractivity contribution is 0.0988. The molecule has 0 spiro atoms. The van der Waals surface area contributed by atoms with E-state index in [1.54, 1.807) is 12.4 Å². The molecule has 0 saturated carbocycles. The zero-order chi connectivity index (χ0) is 18.1. The van der Waals surface area contributed by atoms with Crippen molar-refractivity contribution in [3.63, 3.8) is 0 Å². The molecule has 134 valence electrons. The highest BCUT2D eigenvalue weighted by molar-refractivity contribution is 5.88. The Balaban J connectivity index is 1.65. The summed E-state index contributed by atoms with van der Waals surface area (Å²) in [6, 6.07) is 2.11. The zero-order valence-electron chi connectivity index (χ0n) is 14.5. The van der Waals surface area contributed by atoms with Gasteiger partial charge in [0.2, 0.25) is 5.82 Å². The molecule has 26 heavy (non-hydrogen) atoms. The molecule has 0 aliphatic carbocycles. The van der Waals surface area contributed by atoms with Crippen molar-refractivity contribution >= 4 is 17.4 Å². The van der Waals surface area contributed by atoms with Gasteiger partial charge >= 0.3 is 0 Å². The van der Waals surface area contributed by atoms with E-state index in [9.17, 15) is 4.79 Å². The Hall–Kier alpha value is -3.07. The standard InChI is InChI=1S/C17H20N8O/c1-11-8-12(10-21-16(11)24-5-2-19-3-6-24)9-13-17-20-4-7-25(17)23-15(22-13)14(18)26/h4,7-8,10,19H,2-3,5-6,9H2,1H3,(H2,18,26). The molecule has 0 aromatic carbocycles. The maximum atomic E-state index is 11.5. The molecule has 0 atom stereocenters. The molecule has 3 aromatic rings. The van der Waals surface area contributed by atoms with Crippen LogP contribution in [-0.2, 0) is 6.42 Å². The normalized spacial score (nSPS) is 14.7. The van der Waals surface area contributed by atoms with Crippen LogP contribution < -0.4 is 16.0 Å². The summed E-state index contributed by atoms with van der Waals surface area (Å²) in [4.78, 5) is 27.0. The molecule has 1 saturated heterocycles. The maximum absolute atomic E-state index is 11.5. The molecule has 3 N–H and O–H groups in total. The van der Waals surface area contributed by atoms with Crippen LogP contribution in [0.5, 0.6) is 0 Å². The van der Waals surface area contributed by atoms with Crippen LogP contribution in [0, 0.1) is 6.92 Å². The van der Waals surface area contributed by atoms with Gasteiger partial charge in [-0.25, -0.2) is 19.5 Å². The number of carbonyl (C=O) groups is 1. The minimum absolute atomic E-state index is 0.0207. The molecule has 3 aromatic heterocycles. The van der Waals surface area contributed by atoms with E-state index in [1.165, 1.54) is 4.52 Å². The average Bonchev–Trinajstić information content (AvgIpc) is 3.11. The second-order valence-electron chi connectivity index (χ2n) is 6.34. The van der Waals surface area contributed by atoms with Crippen LogP contribution >= 0.6 is 0 Å². The molecule has 0 radical (unpaired) electrons. The number of carbonyl (C=O) groups excluding carboxylic acids is 1. The van der Waals surface area contributed by atoms with Gasteiger partial charge in [-0.1, -0.05) is 6.07 Å². The summed E-state index contributed by atoms with van der Waals surface area (Å²) in [7, 11) is 0. The van der Waals surface area contributed by atoms with Gasteiger partial charge in [-0.15, -0.1) is 5.10 Å². The van der Waals surface area contributed by atoms with Crippen molar-refractivity contribution in [1.29, 1.82) is 0 Å². The number of nitrogens with two attached hydrogens (primary N) is 1. The Morgan fingerprint density at radius 3 is 2.85 bits per heavy atom. The summed E-state index contributed by atoms with van der Waals surface area (Å²) in [5, 5.41) is 7.42. The van der Waals surface area contributed by atoms with Gasteiger partial charge in [-0.2, -0.15) is 0 Å². The fourth-order valence-electron chi connectivity index (χ4n) is 3.23. The number of fused-ring (bicyclic) bond motifs is 1. The molecular formula is C17H20N8O. The Morgan fingerprint density at radius 1 is 1.31 bits per heavy atom. The topological polar surface area (TPSA) is 114 Å². The summed E-state index contributed by atoms with van der Waals surface area (Å²) < 4.78 is 1.53. The molecule has 0 unspecified atom stereocenters. The van der Waals surface area contributed by atoms with E-state index >= 15 is 0 Å². The molecular weight excluding hydrogens is 332 g/mol. The van der Waals surface area contributed by atoms with Crippen molar-refractivity contribution in [3.05, 3.63) is 47.3 Å². The van der Waals surface area contributed by atoms with E-state index in [4.69, 9.17) is 5.73 Å². The Morgan fingerprint density at radius 2 is 2.12 bits per heavy atom. The molecule has 1 amide bonds. The number of rotatable bonds is 4. The molecule has 9 heteroatoms. The number of primary amides is 1. The number of aryl methyl sites for hydroxylation is 1. The smallest absolute Gasteiger partial charge is 0.288 e. The van der Waals surface area contributed by atoms with E-state index in [1.807, 2.05) is 6.20 Å². The summed E-state index contributed by atoms with van der Waals surface area (Å²) in [5.41, 5.74) is 8.72. The number of nitrogens with zero attached hydrogens (tertiary/aromatic N) is 6. The maximum Gasteiger partial charge on any atom is 0.288 e. The minimum atomic E-state index is -0.662. The molecule has 4 rings (SSSR count). The van der Waals surface area contributed by atoms with Gasteiger partial charge in [0.15, 0.2) is 5.65 Å². The molecule has 1 fully saturated rings. The molecule has 1 aliphatic rings. The third kappa shape index (κ3) is 3.08. The van der Waals surface area contributed by atoms with E-state index in [0.717, 1.165) is 43.1 Å². The monoisotopic (exact) mass is 352 g/mol. The van der Waals surface area contributed by atoms with Crippen LogP contribution in [0.15, 0.2) is 24.7 Å². The van der Waals surface area contributed by atoms with Crippen molar-refractivity contribution in [3.8, 4) is 0 Å². The highest BCUT2D eigenvalue weighted by Crippen LogP contribution is 2.20. The second kappa shape index (κ2) is 6.68. The van der Waals surface area contributed by atoms with Crippen LogP contribution in [-0.4, -0.2) is 56.7 Å². The highest BCUT2D eigenvalue weighted by Gasteiger charge is 2.16. The number of aromatic nitrogens is 5. The predicted octanol–water partition coefficient (Wildman–Crippen LogP) is -0.0730. The largest absolute Gasteiger partial charge is 0.363 e. The molecule has 1 aliphatic heterocycles. The number of piperazine rings is 1. The van der Waals surface area contributed by atoms with Crippen molar-refractivity contribution in [2.75, 3.05) is 31.1 Å². The minimum Gasteiger partial charge on any atom is -0.363 e. The lowest BCUT2D eigenvalue weighted by atomic mass is 10.1. The SMILES string of the molecule is Cc1cc(Cc2nc(C(N)=O)nn3ccnc23)cnc1N1CCNCC1. The number of amides is 1. The van der Waals surface area contributed by atoms with Gasteiger partial charge in [0.1, 0.15) is 5.82 Å². The fraction of sp³-hybridized carbons (Fsp3) is 0.353. The summed E-state index contributed by atoms with van der Waals surface area (Å²) in [5.74, 6) is 0.333. The van der Waals surface area contributed by atoms with E-state index in [0.29, 0.717) is 17.8 Å². The van der Waals surface area contributed by atoms with Gasteiger partial charge in [0.25, 0.3) is 5.91 Å². The predicted molar refractivity (Wildman–Crippen MR) is 96.2 cm³/mol. The van der Waals surface area contributed by atoms with Gasteiger partial charge in [-0.3, -0.25) is 4.79 Å². The van der Waals surface area contributed by atoms with E-state index in [-0.39, 0.29) is 5.82 Å². The lowest BCUT2D eigenvalue weighted by Gasteiger charge is -2.29. The van der Waals surface area contributed by atoms with Crippen molar-refractivity contribution < 1.29 is 4.79 Å². The molecule has 4 heterocycles. The Kier molecular flexibility index (Phi) is 4.21. The van der Waals surface area contributed by atoms with Crippen molar-refractivity contribution in [1.82, 2.24) is 29.9 Å². The second-order valence-corrected chi connectivity index (χ2v) is 6.34. The first kappa shape index (κ1) is 16.4. The van der Waals surface area contributed by atoms with Gasteiger partial charge < -0.3 is 16.0 Å². The number of imidazole rings is 1. The Labute approximate surface area is 150 Å². The van der Waals surface area contributed by atoms with Crippen LogP contribution in [0.4, 0.5) is 5.82 Å². The third-order valence-electron chi connectivity index (χ3n) is 4.44. The first-order valence-electron chi connectivity index (χ1n) is 8.53. The van der Waals surface area contributed by atoms with Crippen LogP contribution in [0.2, 0.25) is 0 Å². The zero-order valence-corrected chi connectivity index (χ0v) is 14.5. The highest BCUT2D eigenvalue weighted by atomic mass is 16.1. The van der Waals surface area contributed by atoms with Crippen LogP contribution in [0.25, 0.3) is 5.65 Å². The van der Waals surface area contributed by atoms with Crippen molar-refractivity contribution in [2.45, 2.75) is 13.3 Å². The number of pyridine rings is 1. The van der Waals surface area contributed by atoms with Crippen LogP contribution in [0.3, 0.4) is 0 Å². The number of nitrogens with one attached hydrogen (secondary N) is 1. The van der Waals surface area contributed by atoms with E-state index in [2.05, 4.69) is 43.3 Å². The average molecular weight is 352 g/mol. The number of anilines is 1.